The number of rotatable bonds is 3. The molecule has 0 aliphatic carbocycles. The van der Waals surface area contributed by atoms with Crippen LogP contribution in [0.25, 0.3) is 5.76 Å². The molecule has 1 heterocycles. The third-order valence-corrected chi connectivity index (χ3v) is 5.09. The number of carbonyl (C=O) groups excluding carboxylic acids is 2. The molecule has 2 N–H and O–H groups in total. The number of aromatic hydroxyl groups is 1. The maximum absolute atomic E-state index is 13.4. The minimum absolute atomic E-state index is 0.00678. The van der Waals surface area contributed by atoms with E-state index in [4.69, 9.17) is 11.6 Å². The van der Waals surface area contributed by atoms with Crippen molar-refractivity contribution in [3.63, 3.8) is 0 Å². The second-order valence-electron chi connectivity index (χ2n) is 6.75. The van der Waals surface area contributed by atoms with Crippen LogP contribution in [0, 0.1) is 5.82 Å². The zero-order chi connectivity index (χ0) is 21.4. The van der Waals surface area contributed by atoms with Crippen LogP contribution in [0.2, 0.25) is 5.02 Å². The highest BCUT2D eigenvalue weighted by Gasteiger charge is 2.46. The van der Waals surface area contributed by atoms with Crippen LogP contribution in [-0.2, 0) is 9.59 Å². The molecule has 1 saturated heterocycles. The predicted molar refractivity (Wildman–Crippen MR) is 111 cm³/mol. The Morgan fingerprint density at radius 2 is 1.63 bits per heavy atom. The number of carbonyl (C=O) groups is 2. The van der Waals surface area contributed by atoms with Gasteiger partial charge in [-0.1, -0.05) is 35.9 Å². The lowest BCUT2D eigenvalue weighted by Gasteiger charge is -2.25. The first-order chi connectivity index (χ1) is 14.4. The molecule has 7 heteroatoms. The fourth-order valence-corrected chi connectivity index (χ4v) is 3.65. The predicted octanol–water partition coefficient (Wildman–Crippen LogP) is 4.81. The van der Waals surface area contributed by atoms with Gasteiger partial charge in [0.15, 0.2) is 0 Å². The molecule has 1 fully saturated rings. The van der Waals surface area contributed by atoms with Gasteiger partial charge in [-0.05, 0) is 54.1 Å². The smallest absolute Gasteiger partial charge is 0.300 e. The van der Waals surface area contributed by atoms with Gasteiger partial charge >= 0.3 is 0 Å². The lowest BCUT2D eigenvalue weighted by Crippen LogP contribution is -2.29. The molecule has 5 nitrogen and oxygen atoms in total. The Balaban J connectivity index is 1.95. The Kier molecular flexibility index (Phi) is 5.01. The normalized spacial score (nSPS) is 18.1. The molecule has 150 valence electrons. The average molecular weight is 424 g/mol. The summed E-state index contributed by atoms with van der Waals surface area (Å²) in [6.07, 6.45) is 0. The molecular weight excluding hydrogens is 409 g/mol. The van der Waals surface area contributed by atoms with Crippen LogP contribution in [0.5, 0.6) is 5.75 Å². The number of halogens is 2. The van der Waals surface area contributed by atoms with Gasteiger partial charge in [-0.3, -0.25) is 14.5 Å². The summed E-state index contributed by atoms with van der Waals surface area (Å²) in [5, 5.41) is 20.9. The number of benzene rings is 3. The van der Waals surface area contributed by atoms with Gasteiger partial charge in [0, 0.05) is 16.3 Å². The van der Waals surface area contributed by atoms with Crippen LogP contribution >= 0.6 is 11.6 Å². The number of amides is 1. The summed E-state index contributed by atoms with van der Waals surface area (Å²) in [7, 11) is 0. The summed E-state index contributed by atoms with van der Waals surface area (Å²) in [6.45, 7) is 0. The molecule has 0 radical (unpaired) electrons. The zero-order valence-electron chi connectivity index (χ0n) is 15.4. The van der Waals surface area contributed by atoms with Crippen molar-refractivity contribution in [2.75, 3.05) is 4.90 Å². The van der Waals surface area contributed by atoms with Crippen molar-refractivity contribution in [3.05, 3.63) is 100 Å². The van der Waals surface area contributed by atoms with E-state index in [1.807, 2.05) is 0 Å². The number of aliphatic hydroxyl groups excluding tert-OH is 1. The minimum Gasteiger partial charge on any atom is -0.508 e. The summed E-state index contributed by atoms with van der Waals surface area (Å²) >= 11 is 6.01. The Labute approximate surface area is 176 Å². The van der Waals surface area contributed by atoms with Crippen molar-refractivity contribution >= 4 is 34.7 Å². The van der Waals surface area contributed by atoms with Crippen LogP contribution in [0.15, 0.2) is 78.4 Å². The monoisotopic (exact) mass is 423 g/mol. The first-order valence-corrected chi connectivity index (χ1v) is 9.36. The molecule has 1 aliphatic heterocycles. The summed E-state index contributed by atoms with van der Waals surface area (Å²) in [6, 6.07) is 16.4. The van der Waals surface area contributed by atoms with Gasteiger partial charge in [0.1, 0.15) is 17.3 Å². The van der Waals surface area contributed by atoms with Gasteiger partial charge in [-0.25, -0.2) is 4.39 Å². The third kappa shape index (κ3) is 3.42. The van der Waals surface area contributed by atoms with Crippen LogP contribution in [-0.4, -0.2) is 21.9 Å². The molecule has 3 aromatic carbocycles. The highest BCUT2D eigenvalue weighted by molar-refractivity contribution is 6.51. The topological polar surface area (TPSA) is 77.8 Å². The molecule has 0 bridgehead atoms. The van der Waals surface area contributed by atoms with Crippen molar-refractivity contribution in [3.8, 4) is 5.75 Å². The van der Waals surface area contributed by atoms with Crippen molar-refractivity contribution in [2.24, 2.45) is 0 Å². The molecule has 1 atom stereocenters. The number of aliphatic hydroxyl groups is 1. The fraction of sp³-hybridized carbons (Fsp3) is 0.0435. The largest absolute Gasteiger partial charge is 0.508 e. The molecule has 4 rings (SSSR count). The maximum Gasteiger partial charge on any atom is 0.300 e. The van der Waals surface area contributed by atoms with Crippen molar-refractivity contribution in [1.82, 2.24) is 0 Å². The summed E-state index contributed by atoms with van der Waals surface area (Å²) in [4.78, 5) is 27.1. The number of hydrogen-bond donors (Lipinski definition) is 2. The van der Waals surface area contributed by atoms with E-state index in [0.29, 0.717) is 16.3 Å². The number of phenols is 1. The van der Waals surface area contributed by atoms with E-state index in [1.54, 1.807) is 30.3 Å². The highest BCUT2D eigenvalue weighted by atomic mass is 35.5. The average Bonchev–Trinajstić information content (AvgIpc) is 3.00. The number of ketones is 1. The molecular formula is C23H15ClFNO4. The fourth-order valence-electron chi connectivity index (χ4n) is 3.46. The van der Waals surface area contributed by atoms with Crippen LogP contribution in [0.4, 0.5) is 10.1 Å². The first-order valence-electron chi connectivity index (χ1n) is 8.98. The SMILES string of the molecule is O=C1C(=O)N(c2ccc(F)cc2)C(c2ccc(O)cc2)/C1=C(/O)c1cccc(Cl)c1. The molecule has 0 aromatic heterocycles. The maximum atomic E-state index is 13.4. The van der Waals surface area contributed by atoms with Crippen LogP contribution in [0.3, 0.4) is 0 Å². The molecule has 1 unspecified atom stereocenters. The summed E-state index contributed by atoms with van der Waals surface area (Å²) in [5.41, 5.74) is 0.933. The molecule has 1 amide bonds. The van der Waals surface area contributed by atoms with Crippen molar-refractivity contribution in [1.29, 1.82) is 0 Å². The quantitative estimate of drug-likeness (QED) is 0.360. The van der Waals surface area contributed by atoms with E-state index in [2.05, 4.69) is 0 Å². The second-order valence-corrected chi connectivity index (χ2v) is 7.18. The van der Waals surface area contributed by atoms with E-state index >= 15 is 0 Å². The molecule has 30 heavy (non-hydrogen) atoms. The molecule has 0 saturated carbocycles. The van der Waals surface area contributed by atoms with E-state index in [9.17, 15) is 24.2 Å². The van der Waals surface area contributed by atoms with Crippen LogP contribution in [0.1, 0.15) is 17.2 Å². The van der Waals surface area contributed by atoms with Crippen LogP contribution < -0.4 is 4.90 Å². The first kappa shape index (κ1) is 19.7. The van der Waals surface area contributed by atoms with Gasteiger partial charge in [0.2, 0.25) is 0 Å². The summed E-state index contributed by atoms with van der Waals surface area (Å²) < 4.78 is 13.4. The van der Waals surface area contributed by atoms with Gasteiger partial charge in [0.05, 0.1) is 11.6 Å². The summed E-state index contributed by atoms with van der Waals surface area (Å²) in [5.74, 6) is -2.60. The number of Topliss-reactive ketones (excluding diaryl/α,β-unsaturated/α-hetero) is 1. The van der Waals surface area contributed by atoms with E-state index in [0.717, 1.165) is 0 Å². The van der Waals surface area contributed by atoms with Gasteiger partial charge in [-0.2, -0.15) is 0 Å². The minimum atomic E-state index is -0.977. The lowest BCUT2D eigenvalue weighted by molar-refractivity contribution is -0.132. The molecule has 3 aromatic rings. The molecule has 0 spiro atoms. The third-order valence-electron chi connectivity index (χ3n) is 4.86. The number of nitrogens with zero attached hydrogens (tertiary/aromatic N) is 1. The number of hydrogen-bond acceptors (Lipinski definition) is 4. The van der Waals surface area contributed by atoms with Gasteiger partial charge in [0.25, 0.3) is 11.7 Å². The number of phenolic OH excluding ortho intramolecular Hbond substituents is 1. The Morgan fingerprint density at radius 1 is 0.967 bits per heavy atom. The lowest BCUT2D eigenvalue weighted by atomic mass is 9.95. The van der Waals surface area contributed by atoms with E-state index < -0.39 is 23.5 Å². The highest BCUT2D eigenvalue weighted by Crippen LogP contribution is 2.42. The van der Waals surface area contributed by atoms with E-state index in [-0.39, 0.29) is 22.6 Å². The Hall–Kier alpha value is -3.64. The van der Waals surface area contributed by atoms with Gasteiger partial charge in [-0.15, -0.1) is 0 Å². The standard InChI is InChI=1S/C23H15ClFNO4/c24-15-3-1-2-14(12-15)21(28)19-20(13-4-10-18(27)11-5-13)26(23(30)22(19)29)17-8-6-16(25)7-9-17/h1-12,20,27-28H/b21-19-. The van der Waals surface area contributed by atoms with E-state index in [1.165, 1.54) is 47.4 Å². The number of anilines is 1. The van der Waals surface area contributed by atoms with Gasteiger partial charge < -0.3 is 10.2 Å². The Morgan fingerprint density at radius 3 is 2.27 bits per heavy atom. The zero-order valence-corrected chi connectivity index (χ0v) is 16.2. The Bertz CT molecular complexity index is 1170. The van der Waals surface area contributed by atoms with Crippen molar-refractivity contribution in [2.45, 2.75) is 6.04 Å². The molecule has 1 aliphatic rings. The second kappa shape index (κ2) is 7.65. The van der Waals surface area contributed by atoms with Crippen molar-refractivity contribution < 1.29 is 24.2 Å².